The maximum Gasteiger partial charge on any atom is 0.302 e. The number of aliphatic hydroxyl groups is 2. The van der Waals surface area contributed by atoms with Crippen LogP contribution < -0.4 is 0 Å². The highest BCUT2D eigenvalue weighted by molar-refractivity contribution is 5.83. The molecule has 156 valence electrons. The predicted molar refractivity (Wildman–Crippen MR) is 104 cm³/mol. The molecule has 3 fully saturated rings. The van der Waals surface area contributed by atoms with Gasteiger partial charge in [0, 0.05) is 24.2 Å². The summed E-state index contributed by atoms with van der Waals surface area (Å²) in [6.45, 7) is 5.41. The minimum atomic E-state index is -0.525. The maximum atomic E-state index is 12.4. The number of hydrogen-bond acceptors (Lipinski definition) is 5. The number of hydrogen-bond donors (Lipinski definition) is 2. The van der Waals surface area contributed by atoms with Gasteiger partial charge in [0.2, 0.25) is 0 Å². The summed E-state index contributed by atoms with van der Waals surface area (Å²) in [5, 5.41) is 20.8. The van der Waals surface area contributed by atoms with Crippen LogP contribution in [0.1, 0.15) is 65.7 Å². The highest BCUT2D eigenvalue weighted by Gasteiger charge is 2.64. The number of aliphatic hydroxyl groups excluding tert-OH is 2. The van der Waals surface area contributed by atoms with Crippen LogP contribution in [0, 0.1) is 34.5 Å². The molecule has 1 unspecified atom stereocenters. The second-order valence-corrected chi connectivity index (χ2v) is 10.1. The Labute approximate surface area is 167 Å². The summed E-state index contributed by atoms with van der Waals surface area (Å²) in [6, 6.07) is 0. The van der Waals surface area contributed by atoms with Gasteiger partial charge in [0.05, 0.1) is 6.10 Å². The number of ketones is 1. The summed E-state index contributed by atoms with van der Waals surface area (Å²) < 4.78 is 5.80. The van der Waals surface area contributed by atoms with Crippen molar-refractivity contribution >= 4 is 11.8 Å². The van der Waals surface area contributed by atoms with Gasteiger partial charge in [-0.05, 0) is 62.2 Å². The van der Waals surface area contributed by atoms with E-state index in [0.717, 1.165) is 38.5 Å². The molecule has 0 aromatic rings. The van der Waals surface area contributed by atoms with Crippen molar-refractivity contribution in [2.24, 2.45) is 34.5 Å². The van der Waals surface area contributed by atoms with Gasteiger partial charge in [-0.1, -0.05) is 25.5 Å². The van der Waals surface area contributed by atoms with E-state index in [9.17, 15) is 19.8 Å². The Hall–Kier alpha value is -1.20. The van der Waals surface area contributed by atoms with Gasteiger partial charge in [-0.25, -0.2) is 0 Å². The van der Waals surface area contributed by atoms with Gasteiger partial charge in [-0.2, -0.15) is 0 Å². The molecular weight excluding hydrogens is 356 g/mol. The minimum Gasteiger partial charge on any atom is -0.462 e. The van der Waals surface area contributed by atoms with Gasteiger partial charge in [-0.15, -0.1) is 0 Å². The Bertz CT molecular complexity index is 699. The van der Waals surface area contributed by atoms with Gasteiger partial charge in [0.1, 0.15) is 12.7 Å². The summed E-state index contributed by atoms with van der Waals surface area (Å²) in [5.41, 5.74) is 0.769. The number of fused-ring (bicyclic) bond motifs is 5. The van der Waals surface area contributed by atoms with E-state index < -0.39 is 12.7 Å². The van der Waals surface area contributed by atoms with E-state index in [0.29, 0.717) is 18.3 Å². The lowest BCUT2D eigenvalue weighted by Crippen LogP contribution is -2.60. The molecule has 8 atom stereocenters. The van der Waals surface area contributed by atoms with Crippen LogP contribution in [0.4, 0.5) is 0 Å². The molecule has 0 amide bonds. The van der Waals surface area contributed by atoms with Crippen LogP contribution in [0.5, 0.6) is 0 Å². The molecule has 0 aromatic carbocycles. The van der Waals surface area contributed by atoms with E-state index >= 15 is 0 Å². The Morgan fingerprint density at radius 2 is 1.96 bits per heavy atom. The second kappa shape index (κ2) is 6.94. The second-order valence-electron chi connectivity index (χ2n) is 10.1. The molecule has 0 spiro atoms. The van der Waals surface area contributed by atoms with Gasteiger partial charge >= 0.3 is 5.97 Å². The first kappa shape index (κ1) is 20.1. The fourth-order valence-electron chi connectivity index (χ4n) is 7.88. The molecule has 4 rings (SSSR count). The number of rotatable bonds is 3. The number of carbonyl (C=O) groups excluding carboxylic acids is 2. The third-order valence-corrected chi connectivity index (χ3v) is 8.92. The van der Waals surface area contributed by atoms with Crippen LogP contribution in [0.25, 0.3) is 0 Å². The molecule has 28 heavy (non-hydrogen) atoms. The normalized spacial score (nSPS) is 47.4. The number of allylic oxidation sites excluding steroid dienone is 1. The highest BCUT2D eigenvalue weighted by atomic mass is 16.5. The summed E-state index contributed by atoms with van der Waals surface area (Å²) in [7, 11) is 0. The SMILES string of the molecule is CC(=O)OC1CCC=C2CC[C@@H]3[C@H]([C@@H](O)C[C@]4(C)[C@@H](C(=O)CO)CC[C@@H]34)[C@]21C. The van der Waals surface area contributed by atoms with Crippen molar-refractivity contribution in [2.45, 2.75) is 77.9 Å². The summed E-state index contributed by atoms with van der Waals surface area (Å²) in [4.78, 5) is 24.2. The topological polar surface area (TPSA) is 83.8 Å². The molecule has 0 aromatic heterocycles. The van der Waals surface area contributed by atoms with Crippen molar-refractivity contribution in [3.63, 3.8) is 0 Å². The van der Waals surface area contributed by atoms with E-state index in [1.807, 2.05) is 0 Å². The fourth-order valence-corrected chi connectivity index (χ4v) is 7.88. The van der Waals surface area contributed by atoms with Crippen LogP contribution in [-0.4, -0.2) is 40.8 Å². The van der Waals surface area contributed by atoms with E-state index in [2.05, 4.69) is 19.9 Å². The van der Waals surface area contributed by atoms with Crippen molar-refractivity contribution in [1.29, 1.82) is 0 Å². The largest absolute Gasteiger partial charge is 0.462 e. The molecule has 0 saturated heterocycles. The summed E-state index contributed by atoms with van der Waals surface area (Å²) >= 11 is 0. The summed E-state index contributed by atoms with van der Waals surface area (Å²) in [5.74, 6) is 0.271. The van der Waals surface area contributed by atoms with Crippen LogP contribution in [0.3, 0.4) is 0 Å². The molecule has 2 N–H and O–H groups in total. The van der Waals surface area contributed by atoms with Gasteiger partial charge in [-0.3, -0.25) is 9.59 Å². The Morgan fingerprint density at radius 3 is 2.64 bits per heavy atom. The lowest BCUT2D eigenvalue weighted by Gasteiger charge is -2.61. The van der Waals surface area contributed by atoms with Crippen molar-refractivity contribution < 1.29 is 24.5 Å². The minimum absolute atomic E-state index is 0.0539. The van der Waals surface area contributed by atoms with E-state index in [1.165, 1.54) is 12.5 Å². The first-order chi connectivity index (χ1) is 13.2. The van der Waals surface area contributed by atoms with E-state index in [1.54, 1.807) is 0 Å². The predicted octanol–water partition coefficient (Wildman–Crippen LogP) is 3.03. The average molecular weight is 391 g/mol. The van der Waals surface area contributed by atoms with E-state index in [4.69, 9.17) is 4.74 Å². The van der Waals surface area contributed by atoms with Crippen LogP contribution >= 0.6 is 0 Å². The maximum absolute atomic E-state index is 12.4. The molecule has 0 aliphatic heterocycles. The standard InChI is InChI=1S/C23H34O5/c1-13(25)28-20-6-4-5-14-7-8-15-16-9-10-17(19(27)12-24)22(16,2)11-18(26)21(15)23(14,20)3/h5,15-18,20-21,24,26H,4,6-12H2,1-3H3/t15-,16-,17+,18-,20?,21+,22-,23+/m0/s1. The number of carbonyl (C=O) groups is 2. The molecule has 4 aliphatic carbocycles. The fraction of sp³-hybridized carbons (Fsp3) is 0.826. The number of Topliss-reactive ketones (excluding diaryl/α,β-unsaturated/α-hetero) is 1. The Balaban J connectivity index is 1.71. The molecule has 0 bridgehead atoms. The lowest BCUT2D eigenvalue weighted by molar-refractivity contribution is -0.179. The third kappa shape index (κ3) is 2.72. The van der Waals surface area contributed by atoms with Crippen molar-refractivity contribution in [3.8, 4) is 0 Å². The number of esters is 1. The molecule has 0 heterocycles. The monoisotopic (exact) mass is 390 g/mol. The molecule has 4 aliphatic rings. The first-order valence-corrected chi connectivity index (χ1v) is 10.9. The lowest BCUT2D eigenvalue weighted by atomic mass is 9.45. The van der Waals surface area contributed by atoms with Crippen LogP contribution in [-0.2, 0) is 14.3 Å². The molecular formula is C23H34O5. The Kier molecular flexibility index (Phi) is 4.98. The van der Waals surface area contributed by atoms with Gasteiger partial charge < -0.3 is 14.9 Å². The van der Waals surface area contributed by atoms with Gasteiger partial charge in [0.15, 0.2) is 5.78 Å². The first-order valence-electron chi connectivity index (χ1n) is 10.9. The quantitative estimate of drug-likeness (QED) is 0.572. The van der Waals surface area contributed by atoms with Crippen molar-refractivity contribution in [2.75, 3.05) is 6.61 Å². The zero-order chi connectivity index (χ0) is 20.3. The Morgan fingerprint density at radius 1 is 1.21 bits per heavy atom. The highest BCUT2D eigenvalue weighted by Crippen LogP contribution is 2.67. The summed E-state index contributed by atoms with van der Waals surface area (Å²) in [6.07, 6.45) is 7.71. The zero-order valence-corrected chi connectivity index (χ0v) is 17.3. The molecule has 5 nitrogen and oxygen atoms in total. The van der Waals surface area contributed by atoms with Gasteiger partial charge in [0.25, 0.3) is 0 Å². The molecule has 5 heteroatoms. The smallest absolute Gasteiger partial charge is 0.302 e. The molecule has 0 radical (unpaired) electrons. The van der Waals surface area contributed by atoms with Crippen LogP contribution in [0.2, 0.25) is 0 Å². The van der Waals surface area contributed by atoms with E-state index in [-0.39, 0.29) is 40.5 Å². The zero-order valence-electron chi connectivity index (χ0n) is 17.3. The average Bonchev–Trinajstić information content (AvgIpc) is 2.97. The molecule has 3 saturated carbocycles. The number of ether oxygens (including phenoxy) is 1. The third-order valence-electron chi connectivity index (χ3n) is 8.92. The van der Waals surface area contributed by atoms with Crippen molar-refractivity contribution in [1.82, 2.24) is 0 Å². The van der Waals surface area contributed by atoms with Crippen LogP contribution in [0.15, 0.2) is 11.6 Å². The van der Waals surface area contributed by atoms with Crippen molar-refractivity contribution in [3.05, 3.63) is 11.6 Å².